The van der Waals surface area contributed by atoms with Crippen molar-refractivity contribution in [2.24, 2.45) is 10.8 Å². The van der Waals surface area contributed by atoms with Crippen LogP contribution in [0.3, 0.4) is 0 Å². The number of pyridine rings is 2. The summed E-state index contributed by atoms with van der Waals surface area (Å²) in [5.74, 6) is 0. The molecule has 0 bridgehead atoms. The first-order valence-electron chi connectivity index (χ1n) is 15.7. The smallest absolute Gasteiger partial charge is 0.0798 e. The molecule has 0 aliphatic carbocycles. The molecule has 0 aliphatic heterocycles. The van der Waals surface area contributed by atoms with Gasteiger partial charge in [-0.25, -0.2) is 0 Å². The van der Waals surface area contributed by atoms with Crippen LogP contribution < -0.4 is 5.19 Å². The Morgan fingerprint density at radius 1 is 0.600 bits per heavy atom. The monoisotopic (exact) mass is 789 g/mol. The van der Waals surface area contributed by atoms with Gasteiger partial charge in [0, 0.05) is 38.1 Å². The van der Waals surface area contributed by atoms with Crippen LogP contribution in [-0.4, -0.2) is 18.0 Å². The molecular weight excluding hydrogens is 741 g/mol. The van der Waals surface area contributed by atoms with Crippen molar-refractivity contribution in [3.05, 3.63) is 127 Å². The molecule has 237 valence electrons. The fourth-order valence-electron chi connectivity index (χ4n) is 5.38. The van der Waals surface area contributed by atoms with Gasteiger partial charge in [-0.1, -0.05) is 109 Å². The second kappa shape index (κ2) is 15.4. The molecule has 2 nitrogen and oxygen atoms in total. The molecule has 0 N–H and O–H groups in total. The molecule has 3 aromatic carbocycles. The fourth-order valence-corrected chi connectivity index (χ4v) is 6.96. The fraction of sp³-hybridized carbons (Fsp3) is 0.317. The molecule has 1 radical (unpaired) electrons. The number of hydrogen-bond acceptors (Lipinski definition) is 2. The average Bonchev–Trinajstić information content (AvgIpc) is 2.96. The van der Waals surface area contributed by atoms with Crippen LogP contribution in [0.5, 0.6) is 0 Å². The average molecular weight is 789 g/mol. The van der Waals surface area contributed by atoms with Crippen molar-refractivity contribution in [3.8, 4) is 33.6 Å². The van der Waals surface area contributed by atoms with Crippen LogP contribution in [0.2, 0.25) is 19.6 Å². The van der Waals surface area contributed by atoms with Crippen molar-refractivity contribution >= 4 is 13.3 Å². The topological polar surface area (TPSA) is 25.8 Å². The van der Waals surface area contributed by atoms with E-state index in [4.69, 9.17) is 4.98 Å². The number of nitrogens with zero attached hydrogens (tertiary/aromatic N) is 2. The Kier molecular flexibility index (Phi) is 12.4. The first-order chi connectivity index (χ1) is 20.7. The Balaban J connectivity index is 0.000000241. The molecule has 45 heavy (non-hydrogen) atoms. The van der Waals surface area contributed by atoms with Gasteiger partial charge in [-0.15, -0.1) is 71.8 Å². The van der Waals surface area contributed by atoms with Crippen molar-refractivity contribution in [1.82, 2.24) is 9.97 Å². The van der Waals surface area contributed by atoms with Crippen LogP contribution in [0, 0.1) is 23.0 Å². The summed E-state index contributed by atoms with van der Waals surface area (Å²) in [4.78, 5) is 9.39. The SMILES string of the molecule is CC(C)(C)Cc1cc(-c2[c-]cccc2)ncc1-c1ccccc1.CC(C)(C)Cc1cc(-c2[c-]cccc2)ncc1[Si](C)(C)C.[Ir]. The molecule has 0 amide bonds. The predicted octanol–water partition coefficient (Wildman–Crippen LogP) is 10.5. The Morgan fingerprint density at radius 2 is 1.07 bits per heavy atom. The number of aromatic nitrogens is 2. The van der Waals surface area contributed by atoms with Gasteiger partial charge in [0.1, 0.15) is 0 Å². The second-order valence-electron chi connectivity index (χ2n) is 15.1. The number of rotatable bonds is 6. The van der Waals surface area contributed by atoms with E-state index in [0.717, 1.165) is 35.4 Å². The van der Waals surface area contributed by atoms with Crippen LogP contribution in [-0.2, 0) is 32.9 Å². The van der Waals surface area contributed by atoms with Gasteiger partial charge in [-0.3, -0.25) is 0 Å². The molecule has 2 aromatic heterocycles. The zero-order valence-corrected chi connectivity index (χ0v) is 31.9. The van der Waals surface area contributed by atoms with Crippen LogP contribution >= 0.6 is 0 Å². The van der Waals surface area contributed by atoms with Crippen molar-refractivity contribution in [1.29, 1.82) is 0 Å². The van der Waals surface area contributed by atoms with E-state index in [-0.39, 0.29) is 30.9 Å². The maximum atomic E-state index is 4.71. The van der Waals surface area contributed by atoms with Crippen molar-refractivity contribution in [2.45, 2.75) is 74.0 Å². The van der Waals surface area contributed by atoms with E-state index in [9.17, 15) is 0 Å². The molecule has 5 aromatic rings. The maximum Gasteiger partial charge on any atom is 0.0798 e. The normalized spacial score (nSPS) is 11.7. The summed E-state index contributed by atoms with van der Waals surface area (Å²) >= 11 is 0. The van der Waals surface area contributed by atoms with Gasteiger partial charge in [0.15, 0.2) is 0 Å². The third kappa shape index (κ3) is 11.0. The molecule has 5 rings (SSSR count). The van der Waals surface area contributed by atoms with Gasteiger partial charge in [0.05, 0.1) is 8.07 Å². The first-order valence-corrected chi connectivity index (χ1v) is 19.2. The zero-order chi connectivity index (χ0) is 32.0. The molecule has 0 atom stereocenters. The van der Waals surface area contributed by atoms with E-state index in [1.807, 2.05) is 48.7 Å². The standard InChI is InChI=1S/C22H22N.C19H26NSi.Ir/c1-22(2,3)15-19-14-21(18-12-8-5-9-13-18)23-16-20(19)17-10-6-4-7-11-17;1-19(2,3)13-16-12-17(15-10-8-7-9-11-15)20-14-18(16)21(4,5)6;/h4-12,14,16H,15H2,1-3H3;7-10,12,14H,13H2,1-6H3;/q2*-1;. The van der Waals surface area contributed by atoms with Crippen molar-refractivity contribution in [2.75, 3.05) is 0 Å². The van der Waals surface area contributed by atoms with Crippen molar-refractivity contribution < 1.29 is 20.1 Å². The van der Waals surface area contributed by atoms with Gasteiger partial charge >= 0.3 is 0 Å². The summed E-state index contributed by atoms with van der Waals surface area (Å²) in [5.41, 5.74) is 9.91. The van der Waals surface area contributed by atoms with E-state index in [2.05, 4.69) is 133 Å². The van der Waals surface area contributed by atoms with E-state index in [0.29, 0.717) is 0 Å². The quantitative estimate of drug-likeness (QED) is 0.127. The Hall–Kier alpha value is -3.17. The molecule has 0 saturated heterocycles. The molecular formula is C41H48IrN2Si-2. The zero-order valence-electron chi connectivity index (χ0n) is 28.5. The third-order valence-corrected chi connectivity index (χ3v) is 9.35. The van der Waals surface area contributed by atoms with Crippen molar-refractivity contribution in [3.63, 3.8) is 0 Å². The van der Waals surface area contributed by atoms with E-state index in [1.54, 1.807) is 0 Å². The van der Waals surface area contributed by atoms with E-state index >= 15 is 0 Å². The van der Waals surface area contributed by atoms with E-state index in [1.165, 1.54) is 27.4 Å². The Labute approximate surface area is 287 Å². The van der Waals surface area contributed by atoms with Gasteiger partial charge in [0.25, 0.3) is 0 Å². The Morgan fingerprint density at radius 3 is 1.53 bits per heavy atom. The Bertz CT molecular complexity index is 1630. The molecule has 0 aliphatic rings. The molecule has 0 unspecified atom stereocenters. The summed E-state index contributed by atoms with van der Waals surface area (Å²) in [6.07, 6.45) is 6.23. The van der Waals surface area contributed by atoms with Gasteiger partial charge in [-0.2, -0.15) is 0 Å². The number of benzene rings is 3. The van der Waals surface area contributed by atoms with E-state index < -0.39 is 8.07 Å². The molecule has 0 saturated carbocycles. The minimum atomic E-state index is -1.37. The third-order valence-electron chi connectivity index (χ3n) is 7.28. The van der Waals surface area contributed by atoms with Crippen LogP contribution in [0.15, 0.2) is 103 Å². The summed E-state index contributed by atoms with van der Waals surface area (Å²) in [5, 5.41) is 1.48. The predicted molar refractivity (Wildman–Crippen MR) is 192 cm³/mol. The first kappa shape index (κ1) is 36.3. The molecule has 0 spiro atoms. The van der Waals surface area contributed by atoms with Crippen LogP contribution in [0.4, 0.5) is 0 Å². The largest absolute Gasteiger partial charge is 0.305 e. The molecule has 4 heteroatoms. The summed E-state index contributed by atoms with van der Waals surface area (Å²) in [6.45, 7) is 20.9. The minimum Gasteiger partial charge on any atom is -0.305 e. The maximum absolute atomic E-state index is 4.71. The summed E-state index contributed by atoms with van der Waals surface area (Å²) < 4.78 is 0. The molecule has 0 fully saturated rings. The van der Waals surface area contributed by atoms with Gasteiger partial charge in [-0.05, 0) is 51.4 Å². The van der Waals surface area contributed by atoms with Gasteiger partial charge in [0.2, 0.25) is 0 Å². The molecule has 2 heterocycles. The second-order valence-corrected chi connectivity index (χ2v) is 20.1. The van der Waals surface area contributed by atoms with Crippen LogP contribution in [0.25, 0.3) is 33.6 Å². The van der Waals surface area contributed by atoms with Gasteiger partial charge < -0.3 is 9.97 Å². The summed E-state index contributed by atoms with van der Waals surface area (Å²) in [7, 11) is -1.37. The summed E-state index contributed by atoms with van der Waals surface area (Å²) in [6, 6.07) is 37.6. The number of hydrogen-bond donors (Lipinski definition) is 0. The van der Waals surface area contributed by atoms with Crippen LogP contribution in [0.1, 0.15) is 52.7 Å². The minimum absolute atomic E-state index is 0.